The molecule has 0 aliphatic rings. The van der Waals surface area contributed by atoms with Crippen LogP contribution in [-0.2, 0) is 58.2 Å². The molecule has 0 aliphatic carbocycles. The first-order chi connectivity index (χ1) is 42.0. The van der Waals surface area contributed by atoms with Crippen molar-refractivity contribution in [3.05, 3.63) is 0 Å². The molecule has 0 aromatic heterocycles. The molecule has 24 heteroatoms. The van der Waals surface area contributed by atoms with Gasteiger partial charge in [-0.25, -0.2) is 4.21 Å². The molecule has 0 saturated carbocycles. The number of nitrogens with zero attached hydrogens (tertiary/aromatic N) is 1. The Labute approximate surface area is 791 Å². The molecule has 0 rings (SSSR count). The first kappa shape index (κ1) is 241. The maximum atomic E-state index is 10.2. The highest BCUT2D eigenvalue weighted by Crippen LogP contribution is 2.37. The van der Waals surface area contributed by atoms with E-state index in [1.807, 2.05) is 59.3 Å². The van der Waals surface area contributed by atoms with Crippen LogP contribution in [0.4, 0.5) is 0 Å². The summed E-state index contributed by atoms with van der Waals surface area (Å²) in [6.45, 7) is 121. The minimum atomic E-state index is -1.64. The van der Waals surface area contributed by atoms with E-state index in [9.17, 15) is 17.8 Å². The van der Waals surface area contributed by atoms with Crippen molar-refractivity contribution in [2.45, 2.75) is 486 Å². The van der Waals surface area contributed by atoms with E-state index in [4.69, 9.17) is 18.0 Å². The summed E-state index contributed by atoms with van der Waals surface area (Å²) < 4.78 is 59.5. The molecule has 0 bridgehead atoms. The molecule has 776 valence electrons. The van der Waals surface area contributed by atoms with Gasteiger partial charge in [0, 0.05) is 89.3 Å². The zero-order valence-electron chi connectivity index (χ0n) is 82.7. The van der Waals surface area contributed by atoms with Gasteiger partial charge in [-0.15, -0.1) is 7.92 Å². The molecular formula is C94H276BNO10P2S3Si7. The summed E-state index contributed by atoms with van der Waals surface area (Å²) >= 11 is 0.677. The number of hydrogen-bond donors (Lipinski definition) is 0. The number of methoxy groups -OCH3 is 2. The fraction of sp³-hybridized carbons (Fsp3) is 0.989. The van der Waals surface area contributed by atoms with Gasteiger partial charge in [0.15, 0.2) is 36.0 Å². The average molecular weight is 1950 g/mol. The maximum absolute atomic E-state index is 10.2. The van der Waals surface area contributed by atoms with Crippen LogP contribution in [0.25, 0.3) is 0 Å². The zero-order chi connectivity index (χ0) is 87.9. The van der Waals surface area contributed by atoms with Crippen molar-refractivity contribution in [3.63, 3.8) is 0 Å². The van der Waals surface area contributed by atoms with Crippen LogP contribution >= 0.6 is 26.8 Å². The number of Topliss-reactive ketones (excluding diaryl/α,β-unsaturated/α-hetero) is 1. The summed E-state index contributed by atoms with van der Waals surface area (Å²) in [5.41, 5.74) is 1.39. The molecule has 0 N–H and O–H groups in total. The number of hydrogen-bond acceptors (Lipinski definition) is 12. The molecule has 0 saturated heterocycles. The quantitative estimate of drug-likeness (QED) is 0.192. The van der Waals surface area contributed by atoms with Gasteiger partial charge in [-0.05, 0) is 230 Å². The Bertz CT molecular complexity index is 1530. The zero-order valence-corrected chi connectivity index (χ0v) is 94.0. The van der Waals surface area contributed by atoms with E-state index >= 15 is 0 Å². The Morgan fingerprint density at radius 1 is 0.407 bits per heavy atom. The van der Waals surface area contributed by atoms with Crippen LogP contribution in [0.5, 0.6) is 0 Å². The summed E-state index contributed by atoms with van der Waals surface area (Å²) in [4.78, 5) is 11.4. The van der Waals surface area contributed by atoms with Gasteiger partial charge in [-0.1, -0.05) is 329 Å². The van der Waals surface area contributed by atoms with Gasteiger partial charge in [0.1, 0.15) is 12.5 Å². The molecule has 1 atom stereocenters. The van der Waals surface area contributed by atoms with Crippen molar-refractivity contribution in [2.75, 3.05) is 128 Å². The van der Waals surface area contributed by atoms with E-state index in [0.29, 0.717) is 29.2 Å². The van der Waals surface area contributed by atoms with E-state index in [2.05, 4.69) is 325 Å². The third-order valence-electron chi connectivity index (χ3n) is 9.43. The molecule has 1 unspecified atom stereocenters. The minimum Gasteiger partial charge on any atom is -0.456 e. The van der Waals surface area contributed by atoms with Crippen LogP contribution in [0.3, 0.4) is 0 Å². The Morgan fingerprint density at radius 2 is 0.492 bits per heavy atom. The highest BCUT2D eigenvalue weighted by atomic mass is 32.2. The number of carbonyl (C=O) groups is 1. The van der Waals surface area contributed by atoms with Crippen LogP contribution in [0.2, 0.25) is 170 Å². The molecule has 118 heavy (non-hydrogen) atoms. The second kappa shape index (κ2) is 121. The van der Waals surface area contributed by atoms with Gasteiger partial charge in [0.05, 0.1) is 31.1 Å². The van der Waals surface area contributed by atoms with Crippen LogP contribution < -0.4 is 0 Å². The fourth-order valence-electron chi connectivity index (χ4n) is 1.84. The van der Waals surface area contributed by atoms with Crippen molar-refractivity contribution in [1.82, 2.24) is 4.90 Å². The van der Waals surface area contributed by atoms with Gasteiger partial charge in [0.25, 0.3) is 0 Å². The molecule has 0 aliphatic heterocycles. The normalized spacial score (nSPS) is 10.1. The van der Waals surface area contributed by atoms with Crippen LogP contribution in [0.15, 0.2) is 0 Å². The summed E-state index contributed by atoms with van der Waals surface area (Å²) in [7, 11) is 5.75. The van der Waals surface area contributed by atoms with Crippen molar-refractivity contribution in [3.8, 4) is 0 Å². The molecule has 0 fully saturated rings. The van der Waals surface area contributed by atoms with E-state index in [0.717, 1.165) is 6.71 Å². The van der Waals surface area contributed by atoms with Gasteiger partial charge in [-0.3, -0.25) is 8.39 Å². The summed E-state index contributed by atoms with van der Waals surface area (Å²) in [5.74, 6) is 0.167. The van der Waals surface area contributed by atoms with Crippen molar-refractivity contribution < 1.29 is 44.7 Å². The van der Waals surface area contributed by atoms with E-state index < -0.39 is 85.3 Å². The van der Waals surface area contributed by atoms with Gasteiger partial charge < -0.3 is 37.0 Å². The molecule has 0 aromatic carbocycles. The second-order valence-corrected chi connectivity index (χ2v) is 95.9. The monoisotopic (exact) mass is 1940 g/mol. The Morgan fingerprint density at radius 3 is 0.492 bits per heavy atom. The van der Waals surface area contributed by atoms with Crippen LogP contribution in [0, 0.1) is 16.2 Å². The van der Waals surface area contributed by atoms with E-state index in [-0.39, 0.29) is 156 Å². The number of carbonyl (C=O) groups excluding carboxylic acids is 1. The lowest BCUT2D eigenvalue weighted by molar-refractivity contribution is -0.115. The molecular weight excluding hydrogens is 1670 g/mol. The smallest absolute Gasteiger partial charge is 0.183 e. The topological polar surface area (TPSA) is 127 Å². The predicted octanol–water partition coefficient (Wildman–Crippen LogP) is 38.5. The molecule has 0 spiro atoms. The Hall–Kier alpha value is 2.28. The standard InChI is InChI=1S/C8H18O.C8H18.C7H18Si.C6H18OSi2.C6H18Si2.C5H12O.C5H12.C4H12OSi.C4H12Si.C3H9B.C3H9N.C3H9OP.C3H6O.C3H9P.C2H6O2S.C2H6OS.C2H6O.C2H6S.18CH4/c1-7(2,3)9-8(4,5)6;2*1-7(2,3)8(4,5)6;1-8(2,3)7-9(4,5)6;1-7(2,3)8(4,5)6;1-5(2,3)6-4;1-5(2,3)4;1-5-6(2,3)4;1-5(2,3)4;2*1-4(2)3;1-5(2,3)4;1-3(2)4;1-4(2)3;1-4-5(2)3;1-4(2)3;2*1-3-2;;;;;;;;;;;;;;;;;;/h1-6H3;2*1-6H3;1-6H3;1-6H3;1-4H3;1-4H3;1-4H3;1-4H3;2*1-3H3;1-3H3;1-2H3;1-3H3;1-2H3;1-2H3;2*1-2H3;18*1H4. The molecule has 0 heterocycles. The highest BCUT2D eigenvalue weighted by Gasteiger charge is 2.31. The van der Waals surface area contributed by atoms with Gasteiger partial charge >= 0.3 is 0 Å². The minimum absolute atomic E-state index is 0. The number of rotatable bonds is 5. The maximum Gasteiger partial charge on any atom is 0.183 e. The van der Waals surface area contributed by atoms with Crippen molar-refractivity contribution >= 4 is 117 Å². The highest BCUT2D eigenvalue weighted by molar-refractivity contribution is 7.97. The summed E-state index contributed by atoms with van der Waals surface area (Å²) in [6, 6.07) is 0. The van der Waals surface area contributed by atoms with Gasteiger partial charge in [-0.2, -0.15) is 11.8 Å². The SMILES string of the molecule is C.C.C.C.C.C.C.C.C.C.C.C.C.C.C.C.C.C.CB(C)C.CC(C)(C)C.CC(C)(C)C(C)(C)C.CC(C)(C)OC(C)(C)C.CC(C)(C)[Si](C)(C)C.CC(C)=O.CN(C)C.COC.COC(C)(C)C.COS(C)=O.CO[Si](C)(C)C.CP(C)(C)=O.CP(C)C.CS(C)=O.CSC.C[Si](C)(C)C.C[Si](C)(C)O[Si](C)(C)C.C[Si](C)(C)[Si](C)(C)C. The lowest BCUT2D eigenvalue weighted by Gasteiger charge is -2.34. The predicted molar refractivity (Wildman–Crippen MR) is 632 cm³/mol. The summed E-state index contributed by atoms with van der Waals surface area (Å²) in [6.07, 6.45) is 8.83. The van der Waals surface area contributed by atoms with E-state index in [1.54, 1.807) is 72.7 Å². The van der Waals surface area contributed by atoms with Crippen LogP contribution in [0.1, 0.15) is 300 Å². The van der Waals surface area contributed by atoms with Crippen molar-refractivity contribution in [1.29, 1.82) is 0 Å². The third-order valence-corrected chi connectivity index (χ3v) is 38.5. The lowest BCUT2D eigenvalue weighted by Crippen LogP contribution is -2.49. The molecule has 0 amide bonds. The first-order valence-electron chi connectivity index (χ1n) is 35.7. The van der Waals surface area contributed by atoms with Gasteiger partial charge in [0.2, 0.25) is 0 Å². The molecule has 11 nitrogen and oxygen atoms in total. The average Bonchev–Trinajstić information content (AvgIpc) is 0.885. The van der Waals surface area contributed by atoms with Crippen LogP contribution in [-0.4, -0.2) is 227 Å². The number of thioether (sulfide) groups is 1. The molecule has 0 aromatic rings. The fourth-order valence-corrected chi connectivity index (χ4v) is 9.19. The first-order valence-corrected chi connectivity index (χ1v) is 72.2. The number of ether oxygens (including phenoxy) is 3. The lowest BCUT2D eigenvalue weighted by atomic mass is 9.58. The third kappa shape index (κ3) is 670. The second-order valence-electron chi connectivity index (χ2n) is 42.1. The Kier molecular flexibility index (Phi) is 248. The molecule has 0 radical (unpaired) electrons. The number of ketones is 1. The summed E-state index contributed by atoms with van der Waals surface area (Å²) in [5, 5.41) is 0.576. The van der Waals surface area contributed by atoms with E-state index in [1.165, 1.54) is 27.2 Å². The largest absolute Gasteiger partial charge is 0.456 e. The van der Waals surface area contributed by atoms with Crippen molar-refractivity contribution in [2.24, 2.45) is 16.2 Å². The Balaban J connectivity index is -0.0000000177.